The van der Waals surface area contributed by atoms with Crippen LogP contribution >= 0.6 is 0 Å². The number of hydrogen-bond donors (Lipinski definition) is 3. The highest BCUT2D eigenvalue weighted by molar-refractivity contribution is 6.12. The Hall–Kier alpha value is -2.77. The molecule has 1 aromatic heterocycles. The van der Waals surface area contributed by atoms with Gasteiger partial charge >= 0.3 is 0 Å². The molecule has 0 aliphatic carbocycles. The van der Waals surface area contributed by atoms with Gasteiger partial charge in [0.15, 0.2) is 11.6 Å². The Morgan fingerprint density at radius 3 is 2.90 bits per heavy atom. The van der Waals surface area contributed by atoms with E-state index < -0.39 is 0 Å². The average Bonchev–Trinajstić information content (AvgIpc) is 3.07. The lowest BCUT2D eigenvalue weighted by molar-refractivity contribution is 0.0985. The molecule has 2 aliphatic rings. The molecule has 0 radical (unpaired) electrons. The van der Waals surface area contributed by atoms with Gasteiger partial charge in [-0.3, -0.25) is 9.59 Å². The highest BCUT2D eigenvalue weighted by atomic mass is 16.1. The molecule has 7 nitrogen and oxygen atoms in total. The molecule has 1 unspecified atom stereocenters. The van der Waals surface area contributed by atoms with Crippen molar-refractivity contribution in [2.45, 2.75) is 31.7 Å². The minimum Gasteiger partial charge on any atom is -0.338 e. The number of anilines is 3. The molecule has 3 N–H and O–H groups in total. The number of nitrogens with zero attached hydrogens (tertiary/aromatic N) is 2. The van der Waals surface area contributed by atoms with Gasteiger partial charge in [0.2, 0.25) is 0 Å². The smallest absolute Gasteiger partial charge is 0.257 e. The first kappa shape index (κ1) is 19.5. The van der Waals surface area contributed by atoms with E-state index in [0.29, 0.717) is 34.5 Å². The summed E-state index contributed by atoms with van der Waals surface area (Å²) in [6.45, 7) is 2.28. The van der Waals surface area contributed by atoms with Crippen LogP contribution in [0.5, 0.6) is 0 Å². The van der Waals surface area contributed by atoms with E-state index in [-0.39, 0.29) is 18.2 Å². The van der Waals surface area contributed by atoms with Crippen molar-refractivity contribution in [3.05, 3.63) is 47.7 Å². The largest absolute Gasteiger partial charge is 0.338 e. The fourth-order valence-electron chi connectivity index (χ4n) is 4.02. The predicted molar refractivity (Wildman–Crippen MR) is 114 cm³/mol. The standard InChI is InChI=1S/C22H27N5O2/c1-27-13-5-7-15(27)6-4-12-23-14-20(28)18-10-11-19-21(25-18)24-17-9-3-2-8-16(17)22(29)26-19/h2-3,8-11,15,23H,4-7,12-14H2,1H3,(H,24,25)(H,26,29). The average molecular weight is 393 g/mol. The number of Topliss-reactive ketones (excluding diaryl/α,β-unsaturated/α-hetero) is 1. The maximum absolute atomic E-state index is 12.5. The summed E-state index contributed by atoms with van der Waals surface area (Å²) in [7, 11) is 2.19. The molecule has 4 rings (SSSR count). The van der Waals surface area contributed by atoms with E-state index >= 15 is 0 Å². The number of carbonyl (C=O) groups excluding carboxylic acids is 2. The Morgan fingerprint density at radius 2 is 2.07 bits per heavy atom. The third kappa shape index (κ3) is 4.46. The molecule has 0 saturated carbocycles. The van der Waals surface area contributed by atoms with Gasteiger partial charge in [-0.05, 0) is 70.1 Å². The Balaban J connectivity index is 1.33. The normalized spacial score (nSPS) is 18.4. The fraction of sp³-hybridized carbons (Fsp3) is 0.409. The summed E-state index contributed by atoms with van der Waals surface area (Å²) in [5, 5.41) is 9.25. The summed E-state index contributed by atoms with van der Waals surface area (Å²) in [5.41, 5.74) is 2.17. The molecule has 2 aromatic rings. The number of carbonyl (C=O) groups is 2. The summed E-state index contributed by atoms with van der Waals surface area (Å²) < 4.78 is 0. The van der Waals surface area contributed by atoms with Gasteiger partial charge in [-0.1, -0.05) is 12.1 Å². The summed E-state index contributed by atoms with van der Waals surface area (Å²) in [6.07, 6.45) is 4.79. The molecule has 1 aromatic carbocycles. The summed E-state index contributed by atoms with van der Waals surface area (Å²) in [4.78, 5) is 31.8. The molecule has 1 atom stereocenters. The number of nitrogens with one attached hydrogen (secondary N) is 3. The van der Waals surface area contributed by atoms with E-state index in [1.165, 1.54) is 19.4 Å². The number of pyridine rings is 1. The Morgan fingerprint density at radius 1 is 1.21 bits per heavy atom. The number of benzene rings is 1. The van der Waals surface area contributed by atoms with Gasteiger partial charge in [0, 0.05) is 6.04 Å². The van der Waals surface area contributed by atoms with E-state index in [0.717, 1.165) is 19.4 Å². The van der Waals surface area contributed by atoms with Crippen molar-refractivity contribution >= 4 is 28.9 Å². The van der Waals surface area contributed by atoms with Crippen molar-refractivity contribution in [2.75, 3.05) is 37.3 Å². The minimum absolute atomic E-state index is 0.0588. The molecule has 1 amide bonds. The quantitative estimate of drug-likeness (QED) is 0.495. The monoisotopic (exact) mass is 393 g/mol. The first-order valence-electron chi connectivity index (χ1n) is 10.2. The zero-order valence-corrected chi connectivity index (χ0v) is 16.7. The number of fused-ring (bicyclic) bond motifs is 2. The van der Waals surface area contributed by atoms with Gasteiger partial charge in [-0.15, -0.1) is 0 Å². The molecule has 1 fully saturated rings. The van der Waals surface area contributed by atoms with Crippen LogP contribution in [0.15, 0.2) is 36.4 Å². The SMILES string of the molecule is CN1CCCC1CCCNCC(=O)c1ccc2c(n1)Nc1ccccc1C(=O)N2. The summed E-state index contributed by atoms with van der Waals surface area (Å²) >= 11 is 0. The second-order valence-corrected chi connectivity index (χ2v) is 7.74. The van der Waals surface area contributed by atoms with Crippen LogP contribution in [-0.4, -0.2) is 54.3 Å². The van der Waals surface area contributed by atoms with Crippen molar-refractivity contribution in [3.63, 3.8) is 0 Å². The molecule has 0 bridgehead atoms. The number of ketones is 1. The first-order chi connectivity index (χ1) is 14.1. The molecule has 152 valence electrons. The van der Waals surface area contributed by atoms with Crippen molar-refractivity contribution in [3.8, 4) is 0 Å². The Labute approximate surface area is 170 Å². The fourth-order valence-corrected chi connectivity index (χ4v) is 4.02. The lowest BCUT2D eigenvalue weighted by Gasteiger charge is -2.19. The number of rotatable bonds is 7. The molecule has 1 saturated heterocycles. The van der Waals surface area contributed by atoms with Gasteiger partial charge in [0.05, 0.1) is 23.5 Å². The van der Waals surface area contributed by atoms with Gasteiger partial charge in [-0.2, -0.15) is 0 Å². The molecular weight excluding hydrogens is 366 g/mol. The van der Waals surface area contributed by atoms with Gasteiger partial charge < -0.3 is 20.9 Å². The van der Waals surface area contributed by atoms with Crippen LogP contribution in [0.25, 0.3) is 0 Å². The number of aromatic nitrogens is 1. The summed E-state index contributed by atoms with van der Waals surface area (Å²) in [6, 6.07) is 11.3. The first-order valence-corrected chi connectivity index (χ1v) is 10.2. The van der Waals surface area contributed by atoms with Gasteiger partial charge in [0.1, 0.15) is 5.69 Å². The second kappa shape index (κ2) is 8.71. The van der Waals surface area contributed by atoms with Crippen LogP contribution in [0.1, 0.15) is 46.5 Å². The second-order valence-electron chi connectivity index (χ2n) is 7.74. The van der Waals surface area contributed by atoms with Crippen molar-refractivity contribution in [2.24, 2.45) is 0 Å². The minimum atomic E-state index is -0.192. The Kier molecular flexibility index (Phi) is 5.87. The molecule has 29 heavy (non-hydrogen) atoms. The van der Waals surface area contributed by atoms with Crippen LogP contribution in [0.2, 0.25) is 0 Å². The van der Waals surface area contributed by atoms with Crippen molar-refractivity contribution in [1.29, 1.82) is 0 Å². The molecule has 0 spiro atoms. The lowest BCUT2D eigenvalue weighted by atomic mass is 10.1. The van der Waals surface area contributed by atoms with E-state index in [1.807, 2.05) is 18.2 Å². The van der Waals surface area contributed by atoms with Crippen LogP contribution in [0, 0.1) is 0 Å². The Bertz CT molecular complexity index is 914. The zero-order chi connectivity index (χ0) is 20.2. The lowest BCUT2D eigenvalue weighted by Crippen LogP contribution is -2.28. The topological polar surface area (TPSA) is 86.4 Å². The number of para-hydroxylation sites is 1. The maximum atomic E-state index is 12.5. The van der Waals surface area contributed by atoms with E-state index in [1.54, 1.807) is 18.2 Å². The highest BCUT2D eigenvalue weighted by Crippen LogP contribution is 2.30. The molecule has 7 heteroatoms. The predicted octanol–water partition coefficient (Wildman–Crippen LogP) is 3.04. The van der Waals surface area contributed by atoms with Crippen molar-refractivity contribution in [1.82, 2.24) is 15.2 Å². The van der Waals surface area contributed by atoms with E-state index in [2.05, 4.69) is 32.9 Å². The molecule has 2 aliphatic heterocycles. The third-order valence-corrected chi connectivity index (χ3v) is 5.70. The van der Waals surface area contributed by atoms with E-state index in [4.69, 9.17) is 0 Å². The third-order valence-electron chi connectivity index (χ3n) is 5.70. The number of hydrogen-bond acceptors (Lipinski definition) is 6. The van der Waals surface area contributed by atoms with Gasteiger partial charge in [0.25, 0.3) is 5.91 Å². The van der Waals surface area contributed by atoms with Crippen LogP contribution in [0.4, 0.5) is 17.2 Å². The highest BCUT2D eigenvalue weighted by Gasteiger charge is 2.21. The van der Waals surface area contributed by atoms with E-state index in [9.17, 15) is 9.59 Å². The number of likely N-dealkylation sites (tertiary alicyclic amines) is 1. The zero-order valence-electron chi connectivity index (χ0n) is 16.7. The van der Waals surface area contributed by atoms with Crippen LogP contribution in [-0.2, 0) is 0 Å². The molecule has 3 heterocycles. The van der Waals surface area contributed by atoms with Crippen LogP contribution < -0.4 is 16.0 Å². The van der Waals surface area contributed by atoms with Crippen molar-refractivity contribution < 1.29 is 9.59 Å². The maximum Gasteiger partial charge on any atom is 0.257 e. The van der Waals surface area contributed by atoms with Gasteiger partial charge in [-0.25, -0.2) is 4.98 Å². The van der Waals surface area contributed by atoms with Crippen LogP contribution in [0.3, 0.4) is 0 Å². The number of amides is 1. The summed E-state index contributed by atoms with van der Waals surface area (Å²) in [5.74, 6) is 0.233. The molecular formula is C22H27N5O2.